The van der Waals surface area contributed by atoms with Gasteiger partial charge in [0.15, 0.2) is 6.10 Å². The molecular weight excluding hydrogens is 326 g/mol. The third kappa shape index (κ3) is 5.15. The number of aliphatic carboxylic acids is 1. The van der Waals surface area contributed by atoms with Crippen molar-refractivity contribution < 1.29 is 29.3 Å². The maximum atomic E-state index is 12.0. The third-order valence-electron chi connectivity index (χ3n) is 3.35. The van der Waals surface area contributed by atoms with Crippen LogP contribution in [0, 0.1) is 0 Å². The van der Waals surface area contributed by atoms with E-state index in [1.807, 2.05) is 6.07 Å². The summed E-state index contributed by atoms with van der Waals surface area (Å²) < 4.78 is 4.78. The van der Waals surface area contributed by atoms with Crippen molar-refractivity contribution in [3.05, 3.63) is 71.8 Å². The summed E-state index contributed by atoms with van der Waals surface area (Å²) in [6.07, 6.45) is -4.04. The van der Waals surface area contributed by atoms with Crippen molar-refractivity contribution >= 4 is 17.8 Å². The van der Waals surface area contributed by atoms with Crippen molar-refractivity contribution in [3.63, 3.8) is 0 Å². The molecule has 1 amide bonds. The number of carboxylic acid groups (broad SMARTS) is 1. The Labute approximate surface area is 143 Å². The molecule has 7 nitrogen and oxygen atoms in total. The predicted octanol–water partition coefficient (Wildman–Crippen LogP) is 0.974. The van der Waals surface area contributed by atoms with Gasteiger partial charge in [0.25, 0.3) is 5.91 Å². The smallest absolute Gasteiger partial charge is 0.348 e. The second kappa shape index (κ2) is 8.60. The maximum Gasteiger partial charge on any atom is 0.348 e. The standard InChI is InChI=1S/C18H17NO6/c20-14(16(21)19-11-12-7-3-1-4-8-12)15(17(22)23)25-18(24)13-9-5-2-6-10-13/h1-10,14-15,20H,11H2,(H,19,21)(H,22,23)/t14-,15-/m1/s1. The SMILES string of the molecule is O=C(O[C@@H](C(=O)O)[C@@H](O)C(=O)NCc1ccccc1)c1ccccc1. The summed E-state index contributed by atoms with van der Waals surface area (Å²) in [4.78, 5) is 35.2. The molecule has 0 fully saturated rings. The number of benzene rings is 2. The van der Waals surface area contributed by atoms with Gasteiger partial charge < -0.3 is 20.3 Å². The highest BCUT2D eigenvalue weighted by molar-refractivity contribution is 5.93. The zero-order valence-corrected chi connectivity index (χ0v) is 13.2. The fourth-order valence-electron chi connectivity index (χ4n) is 2.03. The van der Waals surface area contributed by atoms with Crippen molar-refractivity contribution in [3.8, 4) is 0 Å². The molecule has 0 saturated heterocycles. The van der Waals surface area contributed by atoms with Crippen LogP contribution in [0.25, 0.3) is 0 Å². The van der Waals surface area contributed by atoms with Crippen LogP contribution in [0.4, 0.5) is 0 Å². The molecule has 0 aliphatic carbocycles. The van der Waals surface area contributed by atoms with Crippen LogP contribution >= 0.6 is 0 Å². The minimum Gasteiger partial charge on any atom is -0.478 e. The number of hydrogen-bond donors (Lipinski definition) is 3. The first-order valence-electron chi connectivity index (χ1n) is 7.47. The van der Waals surface area contributed by atoms with Crippen molar-refractivity contribution in [1.82, 2.24) is 5.32 Å². The van der Waals surface area contributed by atoms with Crippen LogP contribution in [-0.4, -0.2) is 40.3 Å². The molecule has 0 saturated carbocycles. The normalized spacial score (nSPS) is 12.7. The first-order chi connectivity index (χ1) is 12.0. The van der Waals surface area contributed by atoms with E-state index >= 15 is 0 Å². The van der Waals surface area contributed by atoms with Gasteiger partial charge in [-0.2, -0.15) is 0 Å². The number of hydrogen-bond acceptors (Lipinski definition) is 5. The summed E-state index contributed by atoms with van der Waals surface area (Å²) in [6.45, 7) is 0.107. The molecule has 2 atom stereocenters. The largest absolute Gasteiger partial charge is 0.478 e. The molecule has 2 rings (SSSR count). The summed E-state index contributed by atoms with van der Waals surface area (Å²) in [6, 6.07) is 16.6. The number of aliphatic hydroxyl groups is 1. The monoisotopic (exact) mass is 343 g/mol. The number of amides is 1. The van der Waals surface area contributed by atoms with Gasteiger partial charge in [0, 0.05) is 6.54 Å². The lowest BCUT2D eigenvalue weighted by Gasteiger charge is -2.19. The Bertz CT molecular complexity index is 732. The number of aliphatic hydroxyl groups excluding tert-OH is 1. The highest BCUT2D eigenvalue weighted by Gasteiger charge is 2.35. The second-order valence-electron chi connectivity index (χ2n) is 5.18. The van der Waals surface area contributed by atoms with Crippen LogP contribution in [0.2, 0.25) is 0 Å². The van der Waals surface area contributed by atoms with E-state index in [4.69, 9.17) is 9.84 Å². The van der Waals surface area contributed by atoms with E-state index in [-0.39, 0.29) is 12.1 Å². The third-order valence-corrected chi connectivity index (χ3v) is 3.35. The highest BCUT2D eigenvalue weighted by atomic mass is 16.6. The first-order valence-corrected chi connectivity index (χ1v) is 7.47. The van der Waals surface area contributed by atoms with Crippen LogP contribution in [0.15, 0.2) is 60.7 Å². The number of rotatable bonds is 7. The quantitative estimate of drug-likeness (QED) is 0.646. The number of esters is 1. The average Bonchev–Trinajstić information content (AvgIpc) is 2.64. The van der Waals surface area contributed by atoms with Crippen molar-refractivity contribution in [1.29, 1.82) is 0 Å². The average molecular weight is 343 g/mol. The fraction of sp³-hybridized carbons (Fsp3) is 0.167. The van der Waals surface area contributed by atoms with E-state index in [2.05, 4.69) is 5.32 Å². The zero-order chi connectivity index (χ0) is 18.2. The molecule has 0 bridgehead atoms. The highest BCUT2D eigenvalue weighted by Crippen LogP contribution is 2.08. The molecule has 130 valence electrons. The number of nitrogens with one attached hydrogen (secondary N) is 1. The number of ether oxygens (including phenoxy) is 1. The van der Waals surface area contributed by atoms with Gasteiger partial charge in [-0.05, 0) is 17.7 Å². The van der Waals surface area contributed by atoms with Crippen molar-refractivity contribution in [2.24, 2.45) is 0 Å². The Morgan fingerprint density at radius 1 is 0.960 bits per heavy atom. The zero-order valence-electron chi connectivity index (χ0n) is 13.2. The Balaban J connectivity index is 1.99. The molecule has 2 aromatic carbocycles. The summed E-state index contributed by atoms with van der Waals surface area (Å²) in [7, 11) is 0. The minimum atomic E-state index is -2.03. The Kier molecular flexibility index (Phi) is 6.25. The molecule has 0 spiro atoms. The lowest BCUT2D eigenvalue weighted by Crippen LogP contribution is -2.47. The van der Waals surface area contributed by atoms with Gasteiger partial charge in [0.2, 0.25) is 6.10 Å². The number of carboxylic acids is 1. The summed E-state index contributed by atoms with van der Waals surface area (Å²) in [5.74, 6) is -3.51. The van der Waals surface area contributed by atoms with Crippen LogP contribution in [0.5, 0.6) is 0 Å². The molecule has 0 aliphatic heterocycles. The Morgan fingerprint density at radius 3 is 2.08 bits per heavy atom. The molecule has 7 heteroatoms. The molecule has 0 radical (unpaired) electrons. The number of carbonyl (C=O) groups excluding carboxylic acids is 2. The van der Waals surface area contributed by atoms with Gasteiger partial charge in [0.1, 0.15) is 0 Å². The molecule has 0 heterocycles. The predicted molar refractivity (Wildman–Crippen MR) is 87.6 cm³/mol. The molecule has 25 heavy (non-hydrogen) atoms. The topological polar surface area (TPSA) is 113 Å². The van der Waals surface area contributed by atoms with Gasteiger partial charge in [-0.25, -0.2) is 9.59 Å². The van der Waals surface area contributed by atoms with Gasteiger partial charge in [0.05, 0.1) is 5.56 Å². The van der Waals surface area contributed by atoms with E-state index in [9.17, 15) is 19.5 Å². The number of carbonyl (C=O) groups is 3. The molecule has 2 aromatic rings. The molecular formula is C18H17NO6. The van der Waals surface area contributed by atoms with Gasteiger partial charge in [-0.15, -0.1) is 0 Å². The lowest BCUT2D eigenvalue weighted by atomic mass is 10.1. The molecule has 0 unspecified atom stereocenters. The lowest BCUT2D eigenvalue weighted by molar-refractivity contribution is -0.158. The van der Waals surface area contributed by atoms with Crippen molar-refractivity contribution in [2.45, 2.75) is 18.8 Å². The minimum absolute atomic E-state index is 0.107. The van der Waals surface area contributed by atoms with Crippen LogP contribution in [0.3, 0.4) is 0 Å². The summed E-state index contributed by atoms with van der Waals surface area (Å²) in [5, 5.41) is 21.5. The van der Waals surface area contributed by atoms with Gasteiger partial charge >= 0.3 is 11.9 Å². The van der Waals surface area contributed by atoms with Crippen LogP contribution in [0.1, 0.15) is 15.9 Å². The van der Waals surface area contributed by atoms with Crippen molar-refractivity contribution in [2.75, 3.05) is 0 Å². The maximum absolute atomic E-state index is 12.0. The Morgan fingerprint density at radius 2 is 1.52 bits per heavy atom. The van der Waals surface area contributed by atoms with E-state index in [0.29, 0.717) is 0 Å². The summed E-state index contributed by atoms with van der Waals surface area (Å²) >= 11 is 0. The van der Waals surface area contributed by atoms with Gasteiger partial charge in [-0.3, -0.25) is 4.79 Å². The van der Waals surface area contributed by atoms with E-state index < -0.39 is 30.1 Å². The van der Waals surface area contributed by atoms with Crippen LogP contribution in [-0.2, 0) is 20.9 Å². The van der Waals surface area contributed by atoms with Crippen LogP contribution < -0.4 is 5.32 Å². The summed E-state index contributed by atoms with van der Waals surface area (Å²) in [5.41, 5.74) is 0.891. The molecule has 0 aromatic heterocycles. The second-order valence-corrected chi connectivity index (χ2v) is 5.18. The fourth-order valence-corrected chi connectivity index (χ4v) is 2.03. The molecule has 3 N–H and O–H groups in total. The first kappa shape index (κ1) is 18.2. The van der Waals surface area contributed by atoms with E-state index in [0.717, 1.165) is 5.56 Å². The Hall–Kier alpha value is -3.19. The van der Waals surface area contributed by atoms with E-state index in [1.165, 1.54) is 12.1 Å². The van der Waals surface area contributed by atoms with E-state index in [1.54, 1.807) is 42.5 Å². The van der Waals surface area contributed by atoms with Gasteiger partial charge in [-0.1, -0.05) is 48.5 Å². The molecule has 0 aliphatic rings.